The number of hydrogen-bond acceptors (Lipinski definition) is 5. The molecule has 2 N–H and O–H groups in total. The zero-order valence-electron chi connectivity index (χ0n) is 10.1. The summed E-state index contributed by atoms with van der Waals surface area (Å²) < 4.78 is 0.884. The van der Waals surface area contributed by atoms with Crippen LogP contribution >= 0.6 is 27.3 Å². The van der Waals surface area contributed by atoms with Crippen molar-refractivity contribution in [3.8, 4) is 0 Å². The van der Waals surface area contributed by atoms with Gasteiger partial charge in [-0.05, 0) is 51.7 Å². The Hall–Kier alpha value is -1.14. The lowest BCUT2D eigenvalue weighted by Gasteiger charge is -2.08. The summed E-state index contributed by atoms with van der Waals surface area (Å²) in [6.07, 6.45) is 2.76. The van der Waals surface area contributed by atoms with E-state index in [0.29, 0.717) is 5.95 Å². The molecule has 0 radical (unpaired) electrons. The lowest BCUT2D eigenvalue weighted by atomic mass is 10.2. The molecule has 0 saturated heterocycles. The van der Waals surface area contributed by atoms with Gasteiger partial charge in [0.1, 0.15) is 5.82 Å². The summed E-state index contributed by atoms with van der Waals surface area (Å²) in [6.45, 7) is 3.70. The molecule has 0 aliphatic rings. The molecule has 0 unspecified atom stereocenters. The molecule has 0 atom stereocenters. The molecule has 0 bridgehead atoms. The van der Waals surface area contributed by atoms with Gasteiger partial charge in [-0.3, -0.25) is 0 Å². The van der Waals surface area contributed by atoms with Crippen LogP contribution < -0.4 is 10.6 Å². The highest BCUT2D eigenvalue weighted by Crippen LogP contribution is 2.20. The van der Waals surface area contributed by atoms with Gasteiger partial charge in [-0.1, -0.05) is 0 Å². The van der Waals surface area contributed by atoms with E-state index in [1.807, 2.05) is 6.92 Å². The van der Waals surface area contributed by atoms with Gasteiger partial charge in [0.25, 0.3) is 0 Å². The van der Waals surface area contributed by atoms with Crippen LogP contribution in [-0.4, -0.2) is 23.1 Å². The number of rotatable bonds is 6. The molecule has 2 heterocycles. The third kappa shape index (κ3) is 3.68. The van der Waals surface area contributed by atoms with Gasteiger partial charge in [0.05, 0.1) is 4.47 Å². The van der Waals surface area contributed by atoms with Gasteiger partial charge >= 0.3 is 0 Å². The fraction of sp³-hybridized carbons (Fsp3) is 0.333. The number of halogens is 1. The van der Waals surface area contributed by atoms with Gasteiger partial charge in [0.15, 0.2) is 0 Å². The van der Waals surface area contributed by atoms with Crippen molar-refractivity contribution < 1.29 is 0 Å². The molecule has 2 rings (SSSR count). The lowest BCUT2D eigenvalue weighted by molar-refractivity contribution is 0.996. The number of nitrogens with one attached hydrogen (secondary N) is 2. The predicted octanol–water partition coefficient (Wildman–Crippen LogP) is 3.39. The number of hydrogen-bond donors (Lipinski definition) is 2. The molecule has 4 nitrogen and oxygen atoms in total. The molecule has 0 saturated carbocycles. The van der Waals surface area contributed by atoms with Crippen LogP contribution in [0.5, 0.6) is 0 Å². The average molecular weight is 327 g/mol. The first-order chi connectivity index (χ1) is 8.79. The first-order valence-corrected chi connectivity index (χ1v) is 7.54. The van der Waals surface area contributed by atoms with E-state index >= 15 is 0 Å². The topological polar surface area (TPSA) is 49.8 Å². The highest BCUT2D eigenvalue weighted by molar-refractivity contribution is 9.10. The van der Waals surface area contributed by atoms with Crippen LogP contribution in [0.25, 0.3) is 0 Å². The Morgan fingerprint density at radius 2 is 2.28 bits per heavy atom. The Labute approximate surface area is 119 Å². The summed E-state index contributed by atoms with van der Waals surface area (Å²) in [5.74, 6) is 1.48. The molecule has 0 spiro atoms. The van der Waals surface area contributed by atoms with E-state index in [1.54, 1.807) is 17.5 Å². The van der Waals surface area contributed by atoms with Gasteiger partial charge in [-0.15, -0.1) is 0 Å². The van der Waals surface area contributed by atoms with Crippen LogP contribution in [-0.2, 0) is 6.42 Å². The smallest absolute Gasteiger partial charge is 0.224 e. The van der Waals surface area contributed by atoms with Crippen molar-refractivity contribution in [3.05, 3.63) is 33.1 Å². The summed E-state index contributed by atoms with van der Waals surface area (Å²) in [7, 11) is 0. The molecule has 96 valence electrons. The molecular weight excluding hydrogens is 312 g/mol. The maximum atomic E-state index is 4.40. The van der Waals surface area contributed by atoms with Crippen molar-refractivity contribution in [1.82, 2.24) is 9.97 Å². The normalized spacial score (nSPS) is 10.3. The average Bonchev–Trinajstić information content (AvgIpc) is 2.86. The number of nitrogens with zero attached hydrogens (tertiary/aromatic N) is 2. The van der Waals surface area contributed by atoms with Gasteiger partial charge < -0.3 is 10.6 Å². The Kier molecular flexibility index (Phi) is 4.95. The first-order valence-electron chi connectivity index (χ1n) is 5.81. The predicted molar refractivity (Wildman–Crippen MR) is 80.4 cm³/mol. The summed E-state index contributed by atoms with van der Waals surface area (Å²) in [6, 6.07) is 2.14. The molecule has 2 aromatic heterocycles. The Balaban J connectivity index is 1.93. The van der Waals surface area contributed by atoms with Crippen molar-refractivity contribution in [2.45, 2.75) is 13.3 Å². The Morgan fingerprint density at radius 3 is 3.00 bits per heavy atom. The molecular formula is C12H15BrN4S. The summed E-state index contributed by atoms with van der Waals surface area (Å²) in [5.41, 5.74) is 1.35. The maximum Gasteiger partial charge on any atom is 0.224 e. The van der Waals surface area contributed by atoms with E-state index in [4.69, 9.17) is 0 Å². The standard InChI is InChI=1S/C12H15BrN4S/c1-2-14-12-16-7-10(13)11(17-12)15-5-3-9-4-6-18-8-9/h4,6-8H,2-3,5H2,1H3,(H2,14,15,16,17). The summed E-state index contributed by atoms with van der Waals surface area (Å²) in [5, 5.41) is 10.7. The number of anilines is 2. The molecule has 2 aromatic rings. The van der Waals surface area contributed by atoms with Gasteiger partial charge in [-0.2, -0.15) is 16.3 Å². The zero-order valence-corrected chi connectivity index (χ0v) is 12.5. The Bertz CT molecular complexity index is 487. The fourth-order valence-electron chi connectivity index (χ4n) is 1.49. The molecule has 0 aliphatic carbocycles. The van der Waals surface area contributed by atoms with Crippen LogP contribution in [0.4, 0.5) is 11.8 Å². The second kappa shape index (κ2) is 6.70. The van der Waals surface area contributed by atoms with Gasteiger partial charge in [0, 0.05) is 19.3 Å². The second-order valence-electron chi connectivity index (χ2n) is 3.73. The van der Waals surface area contributed by atoms with Crippen molar-refractivity contribution in [2.24, 2.45) is 0 Å². The van der Waals surface area contributed by atoms with Crippen LogP contribution in [0.3, 0.4) is 0 Å². The van der Waals surface area contributed by atoms with Crippen LogP contribution in [0.15, 0.2) is 27.5 Å². The van der Waals surface area contributed by atoms with E-state index in [-0.39, 0.29) is 0 Å². The molecule has 0 fully saturated rings. The van der Waals surface area contributed by atoms with E-state index in [2.05, 4.69) is 53.4 Å². The summed E-state index contributed by atoms with van der Waals surface area (Å²) in [4.78, 5) is 8.58. The van der Waals surface area contributed by atoms with Crippen molar-refractivity contribution >= 4 is 39.0 Å². The van der Waals surface area contributed by atoms with Crippen molar-refractivity contribution in [2.75, 3.05) is 23.7 Å². The van der Waals surface area contributed by atoms with E-state index in [0.717, 1.165) is 29.8 Å². The van der Waals surface area contributed by atoms with Gasteiger partial charge in [0.2, 0.25) is 5.95 Å². The third-order valence-electron chi connectivity index (χ3n) is 2.37. The highest BCUT2D eigenvalue weighted by Gasteiger charge is 2.04. The Morgan fingerprint density at radius 1 is 1.39 bits per heavy atom. The zero-order chi connectivity index (χ0) is 12.8. The minimum Gasteiger partial charge on any atom is -0.369 e. The molecule has 0 aliphatic heterocycles. The minimum absolute atomic E-state index is 0.652. The monoisotopic (exact) mass is 326 g/mol. The molecule has 18 heavy (non-hydrogen) atoms. The number of thiophene rings is 1. The van der Waals surface area contributed by atoms with E-state index in [9.17, 15) is 0 Å². The molecule has 0 aromatic carbocycles. The van der Waals surface area contributed by atoms with Crippen LogP contribution in [0, 0.1) is 0 Å². The van der Waals surface area contributed by atoms with Crippen molar-refractivity contribution in [1.29, 1.82) is 0 Å². The molecule has 0 amide bonds. The fourth-order valence-corrected chi connectivity index (χ4v) is 2.53. The van der Waals surface area contributed by atoms with Crippen LogP contribution in [0.1, 0.15) is 12.5 Å². The molecule has 6 heteroatoms. The quantitative estimate of drug-likeness (QED) is 0.854. The first kappa shape index (κ1) is 13.3. The number of aromatic nitrogens is 2. The van der Waals surface area contributed by atoms with Gasteiger partial charge in [-0.25, -0.2) is 4.98 Å². The second-order valence-corrected chi connectivity index (χ2v) is 5.36. The van der Waals surface area contributed by atoms with E-state index < -0.39 is 0 Å². The maximum absolute atomic E-state index is 4.40. The minimum atomic E-state index is 0.652. The largest absolute Gasteiger partial charge is 0.369 e. The SMILES string of the molecule is CCNc1ncc(Br)c(NCCc2ccsc2)n1. The van der Waals surface area contributed by atoms with E-state index in [1.165, 1.54) is 5.56 Å². The van der Waals surface area contributed by atoms with Crippen LogP contribution in [0.2, 0.25) is 0 Å². The lowest BCUT2D eigenvalue weighted by Crippen LogP contribution is -2.09. The third-order valence-corrected chi connectivity index (χ3v) is 3.68. The highest BCUT2D eigenvalue weighted by atomic mass is 79.9. The summed E-state index contributed by atoms with van der Waals surface area (Å²) >= 11 is 5.17. The van der Waals surface area contributed by atoms with Crippen molar-refractivity contribution in [3.63, 3.8) is 0 Å².